The fourth-order valence-electron chi connectivity index (χ4n) is 1.21. The number of ether oxygens (including phenoxy) is 1. The highest BCUT2D eigenvalue weighted by Crippen LogP contribution is 2.34. The monoisotopic (exact) mass is 290 g/mol. The number of anilines is 1. The molecule has 84 valence electrons. The molecule has 2 aromatic rings. The van der Waals surface area contributed by atoms with E-state index in [1.54, 1.807) is 18.2 Å². The number of nitrogens with zero attached hydrogens (tertiary/aromatic N) is 3. The first kappa shape index (κ1) is 11.4. The number of nitriles is 1. The largest absolute Gasteiger partial charge is 0.433 e. The van der Waals surface area contributed by atoms with Crippen LogP contribution in [0.4, 0.5) is 5.69 Å². The molecule has 0 unspecified atom stereocenters. The second kappa shape index (κ2) is 4.80. The zero-order valence-corrected chi connectivity index (χ0v) is 10.2. The van der Waals surface area contributed by atoms with Crippen molar-refractivity contribution >= 4 is 21.6 Å². The van der Waals surface area contributed by atoms with Gasteiger partial charge in [-0.25, -0.2) is 0 Å². The minimum atomic E-state index is 0.133. The van der Waals surface area contributed by atoms with Gasteiger partial charge in [-0.1, -0.05) is 6.07 Å². The van der Waals surface area contributed by atoms with Gasteiger partial charge >= 0.3 is 0 Å². The molecule has 0 radical (unpaired) electrons. The topological polar surface area (TPSA) is 84.8 Å². The fraction of sp³-hybridized carbons (Fsp3) is 0. The maximum absolute atomic E-state index is 8.89. The van der Waals surface area contributed by atoms with Crippen molar-refractivity contribution in [2.45, 2.75) is 0 Å². The molecule has 0 atom stereocenters. The molecule has 0 aliphatic rings. The molecule has 0 aliphatic heterocycles. The molecule has 1 heterocycles. The summed E-state index contributed by atoms with van der Waals surface area (Å²) in [5.41, 5.74) is 6.53. The van der Waals surface area contributed by atoms with Crippen molar-refractivity contribution < 1.29 is 4.74 Å². The second-order valence-electron chi connectivity index (χ2n) is 3.12. The lowest BCUT2D eigenvalue weighted by Crippen LogP contribution is -1.97. The molecule has 1 aromatic carbocycles. The molecule has 5 nitrogen and oxygen atoms in total. The van der Waals surface area contributed by atoms with E-state index >= 15 is 0 Å². The summed E-state index contributed by atoms with van der Waals surface area (Å²) in [5, 5.41) is 16.3. The van der Waals surface area contributed by atoms with Gasteiger partial charge in [-0.15, -0.1) is 5.10 Å². The van der Waals surface area contributed by atoms with E-state index in [1.165, 1.54) is 12.3 Å². The van der Waals surface area contributed by atoms with Gasteiger partial charge in [-0.3, -0.25) is 0 Å². The zero-order chi connectivity index (χ0) is 12.3. The lowest BCUT2D eigenvalue weighted by molar-refractivity contribution is 0.453. The SMILES string of the molecule is N#Cc1ccnnc1Oc1c(N)cccc1Br. The van der Waals surface area contributed by atoms with Crippen molar-refractivity contribution in [2.24, 2.45) is 0 Å². The minimum Gasteiger partial charge on any atom is -0.433 e. The highest BCUT2D eigenvalue weighted by molar-refractivity contribution is 9.10. The number of rotatable bonds is 2. The summed E-state index contributed by atoms with van der Waals surface area (Å²) < 4.78 is 6.18. The van der Waals surface area contributed by atoms with Gasteiger partial charge in [0.15, 0.2) is 5.75 Å². The van der Waals surface area contributed by atoms with E-state index in [4.69, 9.17) is 15.7 Å². The summed E-state index contributed by atoms with van der Waals surface area (Å²) in [6.07, 6.45) is 1.43. The summed E-state index contributed by atoms with van der Waals surface area (Å²) in [4.78, 5) is 0. The fourth-order valence-corrected chi connectivity index (χ4v) is 1.67. The predicted molar refractivity (Wildman–Crippen MR) is 65.4 cm³/mol. The number of nitrogens with two attached hydrogens (primary N) is 1. The van der Waals surface area contributed by atoms with Crippen LogP contribution < -0.4 is 10.5 Å². The lowest BCUT2D eigenvalue weighted by Gasteiger charge is -2.09. The average molecular weight is 291 g/mol. The summed E-state index contributed by atoms with van der Waals surface area (Å²) >= 11 is 3.31. The highest BCUT2D eigenvalue weighted by atomic mass is 79.9. The predicted octanol–water partition coefficient (Wildman–Crippen LogP) is 2.49. The molecule has 0 amide bonds. The molecule has 0 spiro atoms. The van der Waals surface area contributed by atoms with Gasteiger partial charge in [0.05, 0.1) is 16.4 Å². The van der Waals surface area contributed by atoms with Crippen molar-refractivity contribution in [1.29, 1.82) is 5.26 Å². The third kappa shape index (κ3) is 2.34. The smallest absolute Gasteiger partial charge is 0.257 e. The Balaban J connectivity index is 2.42. The van der Waals surface area contributed by atoms with E-state index in [1.807, 2.05) is 6.07 Å². The Labute approximate surface area is 106 Å². The second-order valence-corrected chi connectivity index (χ2v) is 3.98. The zero-order valence-electron chi connectivity index (χ0n) is 8.59. The van der Waals surface area contributed by atoms with Crippen LogP contribution in [-0.4, -0.2) is 10.2 Å². The first-order valence-corrected chi connectivity index (χ1v) is 5.45. The van der Waals surface area contributed by atoms with Crippen molar-refractivity contribution in [2.75, 3.05) is 5.73 Å². The summed E-state index contributed by atoms with van der Waals surface area (Å²) in [6.45, 7) is 0. The van der Waals surface area contributed by atoms with E-state index in [2.05, 4.69) is 26.1 Å². The average Bonchev–Trinajstić information content (AvgIpc) is 2.34. The first-order chi connectivity index (χ1) is 8.22. The van der Waals surface area contributed by atoms with E-state index in [-0.39, 0.29) is 5.88 Å². The van der Waals surface area contributed by atoms with E-state index in [9.17, 15) is 0 Å². The van der Waals surface area contributed by atoms with Crippen LogP contribution in [0.5, 0.6) is 11.6 Å². The van der Waals surface area contributed by atoms with Crippen LogP contribution in [0.25, 0.3) is 0 Å². The van der Waals surface area contributed by atoms with E-state index in [0.29, 0.717) is 21.5 Å². The third-order valence-electron chi connectivity index (χ3n) is 2.00. The Bertz CT molecular complexity index is 574. The van der Waals surface area contributed by atoms with Gasteiger partial charge in [-0.05, 0) is 34.1 Å². The van der Waals surface area contributed by atoms with Gasteiger partial charge in [-0.2, -0.15) is 10.4 Å². The van der Waals surface area contributed by atoms with Gasteiger partial charge in [0, 0.05) is 0 Å². The lowest BCUT2D eigenvalue weighted by atomic mass is 10.3. The van der Waals surface area contributed by atoms with Gasteiger partial charge in [0.25, 0.3) is 5.88 Å². The Morgan fingerprint density at radius 2 is 2.18 bits per heavy atom. The molecule has 2 rings (SSSR count). The number of aromatic nitrogens is 2. The molecule has 0 aliphatic carbocycles. The van der Waals surface area contributed by atoms with Crippen molar-refractivity contribution in [3.8, 4) is 17.7 Å². The third-order valence-corrected chi connectivity index (χ3v) is 2.63. The maximum atomic E-state index is 8.89. The van der Waals surface area contributed by atoms with Crippen molar-refractivity contribution in [3.05, 3.63) is 40.5 Å². The molecular weight excluding hydrogens is 284 g/mol. The molecule has 6 heteroatoms. The van der Waals surface area contributed by atoms with Gasteiger partial charge in [0.1, 0.15) is 11.6 Å². The Hall–Kier alpha value is -2.13. The normalized spacial score (nSPS) is 9.65. The molecule has 2 N–H and O–H groups in total. The van der Waals surface area contributed by atoms with Crippen LogP contribution in [0.2, 0.25) is 0 Å². The number of hydrogen-bond acceptors (Lipinski definition) is 5. The van der Waals surface area contributed by atoms with Crippen LogP contribution >= 0.6 is 15.9 Å². The van der Waals surface area contributed by atoms with Crippen LogP contribution in [0, 0.1) is 11.3 Å². The van der Waals surface area contributed by atoms with E-state index < -0.39 is 0 Å². The summed E-state index contributed by atoms with van der Waals surface area (Å²) in [5.74, 6) is 0.554. The molecular formula is C11H7BrN4O. The van der Waals surface area contributed by atoms with Crippen molar-refractivity contribution in [1.82, 2.24) is 10.2 Å². The van der Waals surface area contributed by atoms with Crippen LogP contribution in [0.3, 0.4) is 0 Å². The van der Waals surface area contributed by atoms with Crippen molar-refractivity contribution in [3.63, 3.8) is 0 Å². The minimum absolute atomic E-state index is 0.133. The Morgan fingerprint density at radius 3 is 2.88 bits per heavy atom. The quantitative estimate of drug-likeness (QED) is 0.859. The highest BCUT2D eigenvalue weighted by Gasteiger charge is 2.11. The molecule has 0 bridgehead atoms. The van der Waals surface area contributed by atoms with E-state index in [0.717, 1.165) is 0 Å². The Morgan fingerprint density at radius 1 is 1.35 bits per heavy atom. The number of benzene rings is 1. The summed E-state index contributed by atoms with van der Waals surface area (Å²) in [7, 11) is 0. The first-order valence-electron chi connectivity index (χ1n) is 4.66. The molecule has 0 saturated carbocycles. The van der Waals surface area contributed by atoms with Gasteiger partial charge in [0.2, 0.25) is 0 Å². The molecule has 1 aromatic heterocycles. The standard InChI is InChI=1S/C11H7BrN4O/c12-8-2-1-3-9(14)10(8)17-11-7(6-13)4-5-15-16-11/h1-5H,14H2. The number of halogens is 1. The molecule has 17 heavy (non-hydrogen) atoms. The van der Waals surface area contributed by atoms with Crippen LogP contribution in [-0.2, 0) is 0 Å². The number of hydrogen-bond donors (Lipinski definition) is 1. The Kier molecular flexibility index (Phi) is 3.21. The molecule has 0 saturated heterocycles. The summed E-state index contributed by atoms with van der Waals surface area (Å²) in [6, 6.07) is 8.76. The number of nitrogen functional groups attached to an aromatic ring is 1. The van der Waals surface area contributed by atoms with Gasteiger partial charge < -0.3 is 10.5 Å². The van der Waals surface area contributed by atoms with Crippen LogP contribution in [0.1, 0.15) is 5.56 Å². The van der Waals surface area contributed by atoms with Crippen LogP contribution in [0.15, 0.2) is 34.9 Å². The maximum Gasteiger partial charge on any atom is 0.257 e. The number of para-hydroxylation sites is 1. The molecule has 0 fully saturated rings.